The lowest BCUT2D eigenvalue weighted by Gasteiger charge is -2.39. The van der Waals surface area contributed by atoms with Gasteiger partial charge in [-0.1, -0.05) is 60.7 Å². The third-order valence-corrected chi connectivity index (χ3v) is 6.21. The van der Waals surface area contributed by atoms with Crippen molar-refractivity contribution >= 4 is 34.7 Å². The van der Waals surface area contributed by atoms with E-state index in [0.717, 1.165) is 36.5 Å². The summed E-state index contributed by atoms with van der Waals surface area (Å²) in [5.74, 6) is 0.536. The van der Waals surface area contributed by atoms with Crippen molar-refractivity contribution in [1.82, 2.24) is 15.2 Å². The molecule has 1 amide bonds. The highest BCUT2D eigenvalue weighted by molar-refractivity contribution is 14.1. The fraction of sp³-hybridized carbons (Fsp3) is 0.280. The molecular formula is C25H27IN4O2. The fourth-order valence-electron chi connectivity index (χ4n) is 4.01. The Morgan fingerprint density at radius 2 is 1.59 bits per heavy atom. The number of nitrogens with one attached hydrogen (secondary N) is 1. The van der Waals surface area contributed by atoms with Crippen LogP contribution < -0.4 is 5.43 Å². The molecule has 0 spiro atoms. The Balaban J connectivity index is 1.27. The van der Waals surface area contributed by atoms with Gasteiger partial charge in [0.05, 0.1) is 12.3 Å². The minimum Gasteiger partial charge on any atom is -0.449 e. The predicted molar refractivity (Wildman–Crippen MR) is 135 cm³/mol. The van der Waals surface area contributed by atoms with Crippen molar-refractivity contribution in [3.05, 3.63) is 93.5 Å². The van der Waals surface area contributed by atoms with Crippen LogP contribution in [0.1, 0.15) is 29.3 Å². The number of amides is 1. The van der Waals surface area contributed by atoms with Gasteiger partial charge in [0.15, 0.2) is 3.77 Å². The van der Waals surface area contributed by atoms with Gasteiger partial charge in [-0.3, -0.25) is 9.69 Å². The number of rotatable bonds is 8. The quantitative estimate of drug-likeness (QED) is 0.264. The molecule has 6 nitrogen and oxygen atoms in total. The molecule has 0 unspecified atom stereocenters. The maximum atomic E-state index is 12.1. The lowest BCUT2D eigenvalue weighted by Crippen LogP contribution is -2.48. The summed E-state index contributed by atoms with van der Waals surface area (Å²) in [6.45, 7) is 4.54. The van der Waals surface area contributed by atoms with Crippen LogP contribution in [0.25, 0.3) is 0 Å². The molecule has 0 radical (unpaired) electrons. The molecule has 1 N–H and O–H groups in total. The molecule has 1 aliphatic heterocycles. The first-order chi connectivity index (χ1) is 15.7. The van der Waals surface area contributed by atoms with Gasteiger partial charge in [0.2, 0.25) is 5.91 Å². The Kier molecular flexibility index (Phi) is 8.08. The Hall–Kier alpha value is -2.49. The number of hydrogen-bond donors (Lipinski definition) is 1. The van der Waals surface area contributed by atoms with Gasteiger partial charge in [-0.25, -0.2) is 5.43 Å². The molecule has 2 aromatic carbocycles. The standard InChI is InChI=1S/C25H27IN4O2/c26-23-12-11-22(32-23)19-27-28-24(31)13-14-29-15-17-30(18-16-29)25(20-7-3-1-4-8-20)21-9-5-2-6-10-21/h1-12,19,25H,13-18H2,(H,28,31)/b27-19+. The molecule has 3 aromatic rings. The molecule has 0 bridgehead atoms. The zero-order valence-corrected chi connectivity index (χ0v) is 20.0. The lowest BCUT2D eigenvalue weighted by molar-refractivity contribution is -0.121. The number of carbonyl (C=O) groups excluding carboxylic acids is 1. The Morgan fingerprint density at radius 3 is 2.16 bits per heavy atom. The maximum absolute atomic E-state index is 12.1. The number of carbonyl (C=O) groups is 1. The molecule has 1 aromatic heterocycles. The van der Waals surface area contributed by atoms with E-state index in [1.807, 2.05) is 12.1 Å². The van der Waals surface area contributed by atoms with E-state index in [-0.39, 0.29) is 11.9 Å². The number of nitrogens with zero attached hydrogens (tertiary/aromatic N) is 3. The second-order valence-corrected chi connectivity index (χ2v) is 8.85. The molecular weight excluding hydrogens is 515 g/mol. The second-order valence-electron chi connectivity index (χ2n) is 7.79. The highest BCUT2D eigenvalue weighted by Crippen LogP contribution is 2.29. The van der Waals surface area contributed by atoms with Crippen molar-refractivity contribution in [3.8, 4) is 0 Å². The highest BCUT2D eigenvalue weighted by Gasteiger charge is 2.26. The molecule has 0 atom stereocenters. The maximum Gasteiger partial charge on any atom is 0.241 e. The summed E-state index contributed by atoms with van der Waals surface area (Å²) in [5.41, 5.74) is 5.21. The largest absolute Gasteiger partial charge is 0.449 e. The van der Waals surface area contributed by atoms with Crippen LogP contribution in [0.5, 0.6) is 0 Å². The SMILES string of the molecule is O=C(CCN1CCN(C(c2ccccc2)c2ccccc2)CC1)N/N=C/c1ccc(I)o1. The van der Waals surface area contributed by atoms with Crippen LogP contribution in [0.3, 0.4) is 0 Å². The molecule has 1 aliphatic rings. The minimum atomic E-state index is -0.0867. The summed E-state index contributed by atoms with van der Waals surface area (Å²) < 4.78 is 6.18. The smallest absolute Gasteiger partial charge is 0.241 e. The van der Waals surface area contributed by atoms with Gasteiger partial charge >= 0.3 is 0 Å². The molecule has 166 valence electrons. The number of hydrazone groups is 1. The summed E-state index contributed by atoms with van der Waals surface area (Å²) in [5, 5.41) is 3.97. The monoisotopic (exact) mass is 542 g/mol. The van der Waals surface area contributed by atoms with E-state index in [9.17, 15) is 4.79 Å². The van der Waals surface area contributed by atoms with Crippen LogP contribution in [0, 0.1) is 3.77 Å². The summed E-state index contributed by atoms with van der Waals surface area (Å²) in [7, 11) is 0. The zero-order chi connectivity index (χ0) is 22.2. The molecule has 0 aliphatic carbocycles. The van der Waals surface area contributed by atoms with Gasteiger partial charge < -0.3 is 9.32 Å². The van der Waals surface area contributed by atoms with Crippen molar-refractivity contribution in [2.45, 2.75) is 12.5 Å². The Labute approximate surface area is 202 Å². The molecule has 2 heterocycles. The van der Waals surface area contributed by atoms with Crippen molar-refractivity contribution in [2.75, 3.05) is 32.7 Å². The van der Waals surface area contributed by atoms with Crippen molar-refractivity contribution in [1.29, 1.82) is 0 Å². The number of halogens is 1. The first-order valence-corrected chi connectivity index (χ1v) is 11.9. The molecule has 1 fully saturated rings. The number of furan rings is 1. The normalized spacial score (nSPS) is 15.4. The van der Waals surface area contributed by atoms with Crippen LogP contribution in [-0.2, 0) is 4.79 Å². The van der Waals surface area contributed by atoms with Gasteiger partial charge in [-0.2, -0.15) is 5.10 Å². The zero-order valence-electron chi connectivity index (χ0n) is 17.9. The molecule has 4 rings (SSSR count). The Morgan fingerprint density at radius 1 is 0.969 bits per heavy atom. The first-order valence-electron chi connectivity index (χ1n) is 10.8. The van der Waals surface area contributed by atoms with Gasteiger partial charge in [-0.05, 0) is 45.9 Å². The van der Waals surface area contributed by atoms with Crippen molar-refractivity contribution in [3.63, 3.8) is 0 Å². The van der Waals surface area contributed by atoms with E-state index in [1.54, 1.807) is 0 Å². The van der Waals surface area contributed by atoms with Crippen LogP contribution >= 0.6 is 22.6 Å². The van der Waals surface area contributed by atoms with E-state index in [4.69, 9.17) is 4.42 Å². The molecule has 0 saturated carbocycles. The highest BCUT2D eigenvalue weighted by atomic mass is 127. The average Bonchev–Trinajstić information content (AvgIpc) is 3.25. The lowest BCUT2D eigenvalue weighted by atomic mass is 9.96. The summed E-state index contributed by atoms with van der Waals surface area (Å²) >= 11 is 2.09. The van der Waals surface area contributed by atoms with E-state index >= 15 is 0 Å². The van der Waals surface area contributed by atoms with Crippen LogP contribution in [0.4, 0.5) is 0 Å². The topological polar surface area (TPSA) is 61.1 Å². The molecule has 32 heavy (non-hydrogen) atoms. The van der Waals surface area contributed by atoms with Gasteiger partial charge in [0.1, 0.15) is 5.76 Å². The van der Waals surface area contributed by atoms with E-state index in [1.165, 1.54) is 17.3 Å². The third-order valence-electron chi connectivity index (χ3n) is 5.63. The summed E-state index contributed by atoms with van der Waals surface area (Å²) in [4.78, 5) is 17.0. The van der Waals surface area contributed by atoms with Gasteiger partial charge in [0.25, 0.3) is 0 Å². The van der Waals surface area contributed by atoms with E-state index in [0.29, 0.717) is 12.2 Å². The minimum absolute atomic E-state index is 0.0867. The van der Waals surface area contributed by atoms with Crippen molar-refractivity contribution in [2.24, 2.45) is 5.10 Å². The fourth-order valence-corrected chi connectivity index (χ4v) is 4.45. The Bertz CT molecular complexity index is 975. The third kappa shape index (κ3) is 6.27. The molecule has 7 heteroatoms. The number of hydrogen-bond acceptors (Lipinski definition) is 5. The van der Waals surface area contributed by atoms with Crippen LogP contribution in [-0.4, -0.2) is 54.6 Å². The van der Waals surface area contributed by atoms with Gasteiger partial charge in [0, 0.05) is 39.1 Å². The average molecular weight is 542 g/mol. The number of piperazine rings is 1. The summed E-state index contributed by atoms with van der Waals surface area (Å²) in [6, 6.07) is 25.3. The first kappa shape index (κ1) is 22.7. The van der Waals surface area contributed by atoms with E-state index < -0.39 is 0 Å². The van der Waals surface area contributed by atoms with Crippen molar-refractivity contribution < 1.29 is 9.21 Å². The second kappa shape index (κ2) is 11.4. The number of benzene rings is 2. The van der Waals surface area contributed by atoms with Crippen LogP contribution in [0.15, 0.2) is 82.3 Å². The summed E-state index contributed by atoms with van der Waals surface area (Å²) in [6.07, 6.45) is 1.94. The van der Waals surface area contributed by atoms with E-state index in [2.05, 4.69) is 104 Å². The molecule has 1 saturated heterocycles. The van der Waals surface area contributed by atoms with Crippen LogP contribution in [0.2, 0.25) is 0 Å². The predicted octanol–water partition coefficient (Wildman–Crippen LogP) is 4.13. The van der Waals surface area contributed by atoms with Gasteiger partial charge in [-0.15, -0.1) is 0 Å².